The van der Waals surface area contributed by atoms with E-state index in [0.29, 0.717) is 16.8 Å². The molecule has 3 aromatic rings. The number of pyridine rings is 1. The number of hydrogen-bond donors (Lipinski definition) is 0. The standard InChI is InChI=1S/C21H14F3N3O/c1-14(15-8-4-2-5-9-15)26-27-19(16-10-6-3-7-11-16)12-18(21(22,23)24)17(13-25)20(27)28/h2-12H,1H3/b26-14+. The Morgan fingerprint density at radius 2 is 1.61 bits per heavy atom. The van der Waals surface area contributed by atoms with Gasteiger partial charge in [-0.1, -0.05) is 60.7 Å². The van der Waals surface area contributed by atoms with E-state index in [9.17, 15) is 23.2 Å². The van der Waals surface area contributed by atoms with Crippen molar-refractivity contribution >= 4 is 5.71 Å². The number of rotatable bonds is 3. The van der Waals surface area contributed by atoms with Crippen LogP contribution in [0.1, 0.15) is 23.6 Å². The molecule has 4 nitrogen and oxygen atoms in total. The van der Waals surface area contributed by atoms with Crippen LogP contribution in [-0.2, 0) is 6.18 Å². The van der Waals surface area contributed by atoms with Gasteiger partial charge >= 0.3 is 6.18 Å². The van der Waals surface area contributed by atoms with E-state index in [1.165, 1.54) is 6.07 Å². The predicted molar refractivity (Wildman–Crippen MR) is 99.9 cm³/mol. The van der Waals surface area contributed by atoms with Crippen LogP contribution in [0.2, 0.25) is 0 Å². The first-order valence-electron chi connectivity index (χ1n) is 8.26. The van der Waals surface area contributed by atoms with E-state index in [1.807, 2.05) is 6.07 Å². The third kappa shape index (κ3) is 3.71. The Hall–Kier alpha value is -3.66. The van der Waals surface area contributed by atoms with E-state index in [2.05, 4.69) is 5.10 Å². The molecule has 0 saturated heterocycles. The van der Waals surface area contributed by atoms with Crippen molar-refractivity contribution in [3.8, 4) is 17.3 Å². The zero-order valence-electron chi connectivity index (χ0n) is 14.7. The molecule has 0 spiro atoms. The van der Waals surface area contributed by atoms with E-state index in [4.69, 9.17) is 0 Å². The summed E-state index contributed by atoms with van der Waals surface area (Å²) < 4.78 is 41.2. The first-order valence-corrected chi connectivity index (χ1v) is 8.26. The second-order valence-corrected chi connectivity index (χ2v) is 5.96. The second-order valence-electron chi connectivity index (χ2n) is 5.96. The van der Waals surface area contributed by atoms with E-state index in [-0.39, 0.29) is 5.69 Å². The first kappa shape index (κ1) is 19.1. The molecule has 1 heterocycles. The first-order chi connectivity index (χ1) is 13.3. The van der Waals surface area contributed by atoms with Gasteiger partial charge in [0.1, 0.15) is 11.6 Å². The molecule has 0 aliphatic carbocycles. The number of alkyl halides is 3. The Morgan fingerprint density at radius 3 is 2.14 bits per heavy atom. The molecule has 0 radical (unpaired) electrons. The molecule has 0 N–H and O–H groups in total. The quantitative estimate of drug-likeness (QED) is 0.619. The lowest BCUT2D eigenvalue weighted by Gasteiger charge is -2.15. The zero-order chi connectivity index (χ0) is 20.3. The van der Waals surface area contributed by atoms with Crippen LogP contribution >= 0.6 is 0 Å². The molecule has 3 rings (SSSR count). The Labute approximate surface area is 158 Å². The van der Waals surface area contributed by atoms with Gasteiger partial charge in [0.2, 0.25) is 0 Å². The van der Waals surface area contributed by atoms with Crippen LogP contribution in [-0.4, -0.2) is 10.4 Å². The number of nitrogens with zero attached hydrogens (tertiary/aromatic N) is 3. The third-order valence-corrected chi connectivity index (χ3v) is 4.11. The maximum atomic E-state index is 13.4. The fourth-order valence-electron chi connectivity index (χ4n) is 2.73. The van der Waals surface area contributed by atoms with Crippen LogP contribution in [0.25, 0.3) is 11.3 Å². The number of nitriles is 1. The summed E-state index contributed by atoms with van der Waals surface area (Å²) >= 11 is 0. The Morgan fingerprint density at radius 1 is 1.04 bits per heavy atom. The number of hydrogen-bond acceptors (Lipinski definition) is 3. The summed E-state index contributed by atoms with van der Waals surface area (Å²) in [6.45, 7) is 1.64. The molecular formula is C21H14F3N3O. The summed E-state index contributed by atoms with van der Waals surface area (Å²) in [5, 5.41) is 13.4. The van der Waals surface area contributed by atoms with Gasteiger partial charge in [0.25, 0.3) is 5.56 Å². The highest BCUT2D eigenvalue weighted by molar-refractivity contribution is 5.98. The molecule has 0 saturated carbocycles. The molecule has 28 heavy (non-hydrogen) atoms. The molecule has 0 atom stereocenters. The molecule has 0 aliphatic rings. The minimum absolute atomic E-state index is 0.0489. The van der Waals surface area contributed by atoms with Crippen molar-refractivity contribution in [3.63, 3.8) is 0 Å². The molecule has 0 unspecified atom stereocenters. The minimum atomic E-state index is -4.84. The lowest BCUT2D eigenvalue weighted by Crippen LogP contribution is -2.26. The van der Waals surface area contributed by atoms with Gasteiger partial charge < -0.3 is 0 Å². The average molecular weight is 381 g/mol. The van der Waals surface area contributed by atoms with E-state index in [1.54, 1.807) is 61.5 Å². The van der Waals surface area contributed by atoms with Crippen LogP contribution in [0.3, 0.4) is 0 Å². The van der Waals surface area contributed by atoms with Gasteiger partial charge in [0.15, 0.2) is 0 Å². The maximum Gasteiger partial charge on any atom is 0.417 e. The molecule has 0 fully saturated rings. The van der Waals surface area contributed by atoms with Crippen LogP contribution in [0.5, 0.6) is 0 Å². The summed E-state index contributed by atoms with van der Waals surface area (Å²) in [5.41, 5.74) is -1.94. The average Bonchev–Trinajstić information content (AvgIpc) is 2.69. The molecule has 0 bridgehead atoms. The summed E-state index contributed by atoms with van der Waals surface area (Å²) in [5.74, 6) is 0. The van der Waals surface area contributed by atoms with E-state index >= 15 is 0 Å². The molecule has 1 aromatic heterocycles. The SMILES string of the molecule is C/C(=N\n1c(-c2ccccc2)cc(C(F)(F)F)c(C#N)c1=O)c1ccccc1. The van der Waals surface area contributed by atoms with Gasteiger partial charge in [0.05, 0.1) is 17.0 Å². The topological polar surface area (TPSA) is 58.1 Å². The number of halogens is 3. The zero-order valence-corrected chi connectivity index (χ0v) is 14.7. The highest BCUT2D eigenvalue weighted by Crippen LogP contribution is 2.33. The van der Waals surface area contributed by atoms with Crippen molar-refractivity contribution in [2.75, 3.05) is 0 Å². The predicted octanol–water partition coefficient (Wildman–Crippen LogP) is 4.68. The van der Waals surface area contributed by atoms with Gasteiger partial charge in [-0.2, -0.15) is 28.2 Å². The van der Waals surface area contributed by atoms with E-state index < -0.39 is 22.9 Å². The number of aromatic nitrogens is 1. The van der Waals surface area contributed by atoms with Crippen molar-refractivity contribution in [3.05, 3.63) is 93.8 Å². The summed E-state index contributed by atoms with van der Waals surface area (Å²) in [7, 11) is 0. The monoisotopic (exact) mass is 381 g/mol. The van der Waals surface area contributed by atoms with Gasteiger partial charge in [-0.25, -0.2) is 0 Å². The Kier molecular flexibility index (Phi) is 5.14. The summed E-state index contributed by atoms with van der Waals surface area (Å²) in [4.78, 5) is 12.8. The lowest BCUT2D eigenvalue weighted by molar-refractivity contribution is -0.137. The number of benzene rings is 2. The fraction of sp³-hybridized carbons (Fsp3) is 0.0952. The van der Waals surface area contributed by atoms with E-state index in [0.717, 1.165) is 10.7 Å². The molecular weight excluding hydrogens is 367 g/mol. The van der Waals surface area contributed by atoms with Gasteiger partial charge in [-0.05, 0) is 18.6 Å². The highest BCUT2D eigenvalue weighted by atomic mass is 19.4. The van der Waals surface area contributed by atoms with Crippen molar-refractivity contribution in [1.82, 2.24) is 4.68 Å². The normalized spacial score (nSPS) is 11.9. The van der Waals surface area contributed by atoms with Crippen LogP contribution in [0, 0.1) is 11.3 Å². The Balaban J connectivity index is 2.35. The van der Waals surface area contributed by atoms with Crippen molar-refractivity contribution in [2.45, 2.75) is 13.1 Å². The van der Waals surface area contributed by atoms with Crippen molar-refractivity contribution in [2.24, 2.45) is 5.10 Å². The van der Waals surface area contributed by atoms with Gasteiger partial charge in [-0.15, -0.1) is 0 Å². The minimum Gasteiger partial charge on any atom is -0.266 e. The molecule has 0 aliphatic heterocycles. The third-order valence-electron chi connectivity index (χ3n) is 4.11. The van der Waals surface area contributed by atoms with Crippen molar-refractivity contribution < 1.29 is 13.2 Å². The maximum absolute atomic E-state index is 13.4. The summed E-state index contributed by atoms with van der Waals surface area (Å²) in [6.07, 6.45) is -4.84. The van der Waals surface area contributed by atoms with Crippen LogP contribution < -0.4 is 5.56 Å². The van der Waals surface area contributed by atoms with Gasteiger partial charge in [0, 0.05) is 5.56 Å². The second kappa shape index (κ2) is 7.53. The van der Waals surface area contributed by atoms with Crippen LogP contribution in [0.4, 0.5) is 13.2 Å². The molecule has 2 aromatic carbocycles. The van der Waals surface area contributed by atoms with Crippen molar-refractivity contribution in [1.29, 1.82) is 5.26 Å². The van der Waals surface area contributed by atoms with Crippen LogP contribution in [0.15, 0.2) is 76.6 Å². The highest BCUT2D eigenvalue weighted by Gasteiger charge is 2.36. The smallest absolute Gasteiger partial charge is 0.266 e. The molecule has 0 amide bonds. The Bertz CT molecular complexity index is 1130. The molecule has 7 heteroatoms. The fourth-order valence-corrected chi connectivity index (χ4v) is 2.73. The lowest BCUT2D eigenvalue weighted by atomic mass is 10.0. The largest absolute Gasteiger partial charge is 0.417 e. The van der Waals surface area contributed by atoms with Gasteiger partial charge in [-0.3, -0.25) is 4.79 Å². The summed E-state index contributed by atoms with van der Waals surface area (Å²) in [6, 6.07) is 19.2. The molecule has 140 valence electrons.